The van der Waals surface area contributed by atoms with E-state index in [-0.39, 0.29) is 24.5 Å². The molecule has 5 N–H and O–H groups in total. The van der Waals surface area contributed by atoms with Gasteiger partial charge in [0, 0.05) is 41.5 Å². The number of likely N-dealkylation sites (N-methyl/N-ethyl adjacent to an activating group) is 1. The molecule has 0 aliphatic rings. The minimum Gasteiger partial charge on any atom is -0.491 e. The van der Waals surface area contributed by atoms with Gasteiger partial charge in [0.15, 0.2) is 0 Å². The average Bonchev–Trinajstić information content (AvgIpc) is 3.35. The van der Waals surface area contributed by atoms with Crippen LogP contribution < -0.4 is 21.1 Å². The van der Waals surface area contributed by atoms with Crippen molar-refractivity contribution in [1.29, 1.82) is 0 Å². The highest BCUT2D eigenvalue weighted by Gasteiger charge is 2.21. The zero-order chi connectivity index (χ0) is 28.8. The van der Waals surface area contributed by atoms with Crippen molar-refractivity contribution in [3.63, 3.8) is 0 Å². The lowest BCUT2D eigenvalue weighted by molar-refractivity contribution is -0.120. The van der Waals surface area contributed by atoms with Gasteiger partial charge in [-0.15, -0.1) is 0 Å². The van der Waals surface area contributed by atoms with Crippen LogP contribution in [0.4, 0.5) is 0 Å². The molecule has 0 bridgehead atoms. The molecule has 0 spiro atoms. The topological polar surface area (TPSA) is 131 Å². The Morgan fingerprint density at radius 2 is 1.82 bits per heavy atom. The van der Waals surface area contributed by atoms with E-state index >= 15 is 0 Å². The molecule has 4 rings (SSSR count). The van der Waals surface area contributed by atoms with Gasteiger partial charge < -0.3 is 30.6 Å². The van der Waals surface area contributed by atoms with Crippen LogP contribution in [0.1, 0.15) is 59.8 Å². The second-order valence-corrected chi connectivity index (χ2v) is 10.2. The van der Waals surface area contributed by atoms with Crippen molar-refractivity contribution in [3.8, 4) is 17.0 Å². The lowest BCUT2D eigenvalue weighted by Crippen LogP contribution is -2.35. The molecule has 0 saturated carbocycles. The van der Waals surface area contributed by atoms with Crippen molar-refractivity contribution >= 4 is 17.5 Å². The molecule has 40 heavy (non-hydrogen) atoms. The number of aromatic nitrogens is 2. The van der Waals surface area contributed by atoms with Crippen LogP contribution in [0.5, 0.6) is 5.75 Å². The number of primary amides is 1. The monoisotopic (exact) mass is 543 g/mol. The summed E-state index contributed by atoms with van der Waals surface area (Å²) in [6.45, 7) is 6.11. The minimum atomic E-state index is -0.624. The first-order valence-corrected chi connectivity index (χ1v) is 13.4. The maximum atomic E-state index is 12.4. The largest absolute Gasteiger partial charge is 0.491 e. The Labute approximate surface area is 234 Å². The van der Waals surface area contributed by atoms with E-state index in [9.17, 15) is 14.7 Å². The van der Waals surface area contributed by atoms with Gasteiger partial charge in [-0.1, -0.05) is 30.3 Å². The van der Waals surface area contributed by atoms with Crippen LogP contribution in [0.2, 0.25) is 0 Å². The Balaban J connectivity index is 1.64. The molecule has 2 atom stereocenters. The number of fused-ring (bicyclic) bond motifs is 1. The van der Waals surface area contributed by atoms with Gasteiger partial charge in [-0.2, -0.15) is 0 Å². The fourth-order valence-corrected chi connectivity index (χ4v) is 4.80. The number of rotatable bonds is 12. The number of aliphatic hydroxyl groups excluding tert-OH is 1. The molecule has 210 valence electrons. The highest BCUT2D eigenvalue weighted by Crippen LogP contribution is 2.30. The molecule has 2 aromatic carbocycles. The van der Waals surface area contributed by atoms with E-state index in [2.05, 4.69) is 10.6 Å². The molecule has 0 fully saturated rings. The lowest BCUT2D eigenvalue weighted by atomic mass is 9.87. The summed E-state index contributed by atoms with van der Waals surface area (Å²) in [6, 6.07) is 17.1. The fourth-order valence-electron chi connectivity index (χ4n) is 4.80. The Bertz CT molecular complexity index is 1480. The van der Waals surface area contributed by atoms with E-state index in [4.69, 9.17) is 15.5 Å². The second-order valence-electron chi connectivity index (χ2n) is 10.2. The maximum absolute atomic E-state index is 12.4. The summed E-state index contributed by atoms with van der Waals surface area (Å²) in [5, 5.41) is 15.9. The number of nitrogens with two attached hydrogens (primary N) is 1. The second kappa shape index (κ2) is 12.8. The molecule has 2 aromatic heterocycles. The third-order valence-corrected chi connectivity index (χ3v) is 6.68. The van der Waals surface area contributed by atoms with E-state index in [1.165, 1.54) is 0 Å². The van der Waals surface area contributed by atoms with E-state index in [0.717, 1.165) is 33.6 Å². The van der Waals surface area contributed by atoms with Gasteiger partial charge in [-0.05, 0) is 69.6 Å². The molecule has 4 aromatic rings. The number of nitrogens with one attached hydrogen (secondary N) is 2. The lowest BCUT2D eigenvalue weighted by Gasteiger charge is -2.22. The number of hydrogen-bond donors (Lipinski definition) is 4. The van der Waals surface area contributed by atoms with Crippen molar-refractivity contribution in [2.45, 2.75) is 45.3 Å². The summed E-state index contributed by atoms with van der Waals surface area (Å²) < 4.78 is 7.80. The van der Waals surface area contributed by atoms with Gasteiger partial charge in [-0.3, -0.25) is 9.59 Å². The number of ether oxygens (including phenoxy) is 1. The Morgan fingerprint density at radius 1 is 1.07 bits per heavy atom. The number of nitrogens with zero attached hydrogens (tertiary/aromatic N) is 2. The molecule has 0 unspecified atom stereocenters. The van der Waals surface area contributed by atoms with Crippen molar-refractivity contribution in [3.05, 3.63) is 89.2 Å². The van der Waals surface area contributed by atoms with Crippen molar-refractivity contribution < 1.29 is 19.4 Å². The van der Waals surface area contributed by atoms with Gasteiger partial charge in [0.2, 0.25) is 11.8 Å². The molecule has 2 heterocycles. The number of amides is 2. The summed E-state index contributed by atoms with van der Waals surface area (Å²) >= 11 is 0. The minimum absolute atomic E-state index is 0.0371. The predicted molar refractivity (Wildman–Crippen MR) is 155 cm³/mol. The number of imidazole rings is 1. The molecule has 9 nitrogen and oxygen atoms in total. The number of hydrogen-bond acceptors (Lipinski definition) is 6. The fraction of sp³-hybridized carbons (Fsp3) is 0.323. The average molecular weight is 544 g/mol. The van der Waals surface area contributed by atoms with E-state index in [1.807, 2.05) is 73.1 Å². The Kier molecular flexibility index (Phi) is 9.19. The number of carbonyl (C=O) groups is 2. The highest BCUT2D eigenvalue weighted by molar-refractivity contribution is 5.94. The normalized spacial score (nSPS) is 12.8. The zero-order valence-electron chi connectivity index (χ0n) is 23.3. The number of carbonyl (C=O) groups excluding carboxylic acids is 2. The van der Waals surface area contributed by atoms with Crippen LogP contribution in [-0.4, -0.2) is 52.5 Å². The summed E-state index contributed by atoms with van der Waals surface area (Å²) in [5.74, 6) is -0.258. The van der Waals surface area contributed by atoms with Crippen LogP contribution in [-0.2, 0) is 11.2 Å². The van der Waals surface area contributed by atoms with Gasteiger partial charge in [-0.25, -0.2) is 4.98 Å². The van der Waals surface area contributed by atoms with Gasteiger partial charge >= 0.3 is 0 Å². The highest BCUT2D eigenvalue weighted by atomic mass is 16.5. The first kappa shape index (κ1) is 28.8. The molecule has 0 aliphatic heterocycles. The van der Waals surface area contributed by atoms with Gasteiger partial charge in [0.05, 0.1) is 24.4 Å². The number of pyridine rings is 1. The molecule has 0 saturated heterocycles. The first-order valence-electron chi connectivity index (χ1n) is 13.4. The van der Waals surface area contributed by atoms with Crippen LogP contribution in [0.15, 0.2) is 67.0 Å². The van der Waals surface area contributed by atoms with Crippen LogP contribution >= 0.6 is 0 Å². The standard InChI is InChI=1S/C31H37N5O4/c1-19(2)40-24-11-12-26(30(32)39)27(15-24)23(16-34-29(38)17-33-4)14-21-7-9-22(10-8-21)28-18-36-13-5-6-25(20(3)37)31(36)35-28/h5-13,15,18-20,23,33,37H,14,16-17H2,1-4H3,(H2,32,39)(H,34,38)/t20-,23+/m0/s1. The van der Waals surface area contributed by atoms with Crippen LogP contribution in [0.3, 0.4) is 0 Å². The van der Waals surface area contributed by atoms with Crippen molar-refractivity contribution in [2.24, 2.45) is 5.73 Å². The van der Waals surface area contributed by atoms with Crippen LogP contribution in [0.25, 0.3) is 16.9 Å². The van der Waals surface area contributed by atoms with E-state index < -0.39 is 12.0 Å². The quantitative estimate of drug-likeness (QED) is 0.216. The third kappa shape index (κ3) is 6.86. The van der Waals surface area contributed by atoms with Gasteiger partial charge in [0.1, 0.15) is 11.4 Å². The van der Waals surface area contributed by atoms with Crippen molar-refractivity contribution in [1.82, 2.24) is 20.0 Å². The van der Waals surface area contributed by atoms with E-state index in [0.29, 0.717) is 24.3 Å². The molecular weight excluding hydrogens is 506 g/mol. The summed E-state index contributed by atoms with van der Waals surface area (Å²) in [6.07, 6.45) is 3.75. The zero-order valence-corrected chi connectivity index (χ0v) is 23.3. The third-order valence-electron chi connectivity index (χ3n) is 6.68. The summed E-state index contributed by atoms with van der Waals surface area (Å²) in [4.78, 5) is 29.4. The van der Waals surface area contributed by atoms with Gasteiger partial charge in [0.25, 0.3) is 0 Å². The maximum Gasteiger partial charge on any atom is 0.248 e. The number of benzene rings is 2. The Morgan fingerprint density at radius 3 is 2.48 bits per heavy atom. The molecule has 2 amide bonds. The molecular formula is C31H37N5O4. The Hall–Kier alpha value is -4.21. The smallest absolute Gasteiger partial charge is 0.248 e. The predicted octanol–water partition coefficient (Wildman–Crippen LogP) is 3.60. The summed E-state index contributed by atoms with van der Waals surface area (Å²) in [7, 11) is 1.71. The first-order chi connectivity index (χ1) is 19.2. The summed E-state index contributed by atoms with van der Waals surface area (Å²) in [5.41, 5.74) is 11.1. The molecule has 9 heteroatoms. The number of aliphatic hydroxyl groups is 1. The molecule has 0 radical (unpaired) electrons. The van der Waals surface area contributed by atoms with Crippen LogP contribution in [0, 0.1) is 0 Å². The van der Waals surface area contributed by atoms with E-state index in [1.54, 1.807) is 26.1 Å². The van der Waals surface area contributed by atoms with Crippen molar-refractivity contribution in [2.75, 3.05) is 20.1 Å². The SMILES string of the molecule is CNCC(=O)NC[C@@H](Cc1ccc(-c2cn3cccc([C@H](C)O)c3n2)cc1)c1cc(OC(C)C)ccc1C(N)=O. The molecule has 0 aliphatic carbocycles.